The van der Waals surface area contributed by atoms with E-state index in [2.05, 4.69) is 17.9 Å². The lowest BCUT2D eigenvalue weighted by atomic mass is 10.0. The van der Waals surface area contributed by atoms with Gasteiger partial charge in [-0.1, -0.05) is 0 Å². The van der Waals surface area contributed by atoms with E-state index in [9.17, 15) is 22.4 Å². The van der Waals surface area contributed by atoms with E-state index in [1.165, 1.54) is 29.2 Å². The molecule has 0 spiro atoms. The lowest BCUT2D eigenvalue weighted by molar-refractivity contribution is -0.137. The van der Waals surface area contributed by atoms with Gasteiger partial charge in [-0.15, -0.1) is 25.0 Å². The Morgan fingerprint density at radius 2 is 1.78 bits per heavy atom. The van der Waals surface area contributed by atoms with Crippen LogP contribution in [0.4, 0.5) is 28.9 Å². The Balaban J connectivity index is 0.00000361. The quantitative estimate of drug-likeness (QED) is 0.413. The van der Waals surface area contributed by atoms with Crippen LogP contribution in [0.25, 0.3) is 0 Å². The Morgan fingerprint density at radius 3 is 2.36 bits per heavy atom. The second-order valence-electron chi connectivity index (χ2n) is 8.97. The molecule has 2 heterocycles. The molecule has 2 aromatic rings. The Bertz CT molecular complexity index is 1180. The van der Waals surface area contributed by atoms with Gasteiger partial charge < -0.3 is 15.0 Å². The smallest absolute Gasteiger partial charge is 0.417 e. The molecular formula is C24H25ClF4N4O2S. The Hall–Kier alpha value is -2.68. The molecule has 0 bridgehead atoms. The molecule has 2 aliphatic rings. The number of carbonyl (C=O) groups excluding carboxylic acids is 1. The molecule has 6 nitrogen and oxygen atoms in total. The summed E-state index contributed by atoms with van der Waals surface area (Å²) in [4.78, 5) is 16.0. The van der Waals surface area contributed by atoms with Gasteiger partial charge in [-0.25, -0.2) is 4.39 Å². The first-order valence-electron chi connectivity index (χ1n) is 11.0. The first-order chi connectivity index (χ1) is 16.4. The zero-order chi connectivity index (χ0) is 25.5. The number of benzene rings is 2. The van der Waals surface area contributed by atoms with Crippen molar-refractivity contribution in [3.63, 3.8) is 0 Å². The van der Waals surface area contributed by atoms with Crippen LogP contribution in [0.1, 0.15) is 37.8 Å². The van der Waals surface area contributed by atoms with E-state index in [4.69, 9.17) is 10.00 Å². The third-order valence-corrected chi connectivity index (χ3v) is 6.75. The summed E-state index contributed by atoms with van der Waals surface area (Å²) in [5.41, 5.74) is -3.71. The highest BCUT2D eigenvalue weighted by molar-refractivity contribution is 7.81. The number of nitriles is 1. The highest BCUT2D eigenvalue weighted by Crippen LogP contribution is 2.43. The van der Waals surface area contributed by atoms with Crippen molar-refractivity contribution in [3.8, 4) is 11.8 Å². The summed E-state index contributed by atoms with van der Waals surface area (Å²) < 4.78 is 61.3. The van der Waals surface area contributed by atoms with Crippen LogP contribution >= 0.6 is 25.0 Å². The lowest BCUT2D eigenvalue weighted by Crippen LogP contribution is -2.45. The summed E-state index contributed by atoms with van der Waals surface area (Å²) in [5.74, 6) is -1.04. The van der Waals surface area contributed by atoms with Crippen molar-refractivity contribution in [1.29, 1.82) is 5.26 Å². The SMILES string of the molecule is CC1(C)C(=O)N(c2ccc(C#N)c(C(F)(F)F)c2)C(S)N1c1ccc(OC2CCNCC2)c(F)c1.Cl. The number of hydrogen-bond donors (Lipinski definition) is 2. The van der Waals surface area contributed by atoms with E-state index in [-0.39, 0.29) is 29.9 Å². The summed E-state index contributed by atoms with van der Waals surface area (Å²) in [6.45, 7) is 4.75. The van der Waals surface area contributed by atoms with Gasteiger partial charge in [0, 0.05) is 17.4 Å². The van der Waals surface area contributed by atoms with E-state index in [0.717, 1.165) is 43.0 Å². The number of piperidine rings is 1. The van der Waals surface area contributed by atoms with Crippen LogP contribution in [0, 0.1) is 17.1 Å². The first kappa shape index (κ1) is 27.9. The normalized spacial score (nSPS) is 20.2. The Morgan fingerprint density at radius 1 is 1.14 bits per heavy atom. The number of halogens is 5. The van der Waals surface area contributed by atoms with E-state index in [1.54, 1.807) is 19.9 Å². The number of alkyl halides is 3. The van der Waals surface area contributed by atoms with E-state index < -0.39 is 40.1 Å². The summed E-state index contributed by atoms with van der Waals surface area (Å²) in [7, 11) is 0. The summed E-state index contributed by atoms with van der Waals surface area (Å²) in [6, 6.07) is 8.89. The number of rotatable bonds is 4. The minimum atomic E-state index is -4.78. The molecule has 1 amide bonds. The number of nitrogens with one attached hydrogen (secondary N) is 1. The molecule has 1 atom stereocenters. The maximum Gasteiger partial charge on any atom is 0.417 e. The molecule has 1 unspecified atom stereocenters. The zero-order valence-electron chi connectivity index (χ0n) is 19.5. The minimum absolute atomic E-state index is 0. The predicted octanol–water partition coefficient (Wildman–Crippen LogP) is 5.11. The lowest BCUT2D eigenvalue weighted by Gasteiger charge is -2.33. The molecule has 2 fully saturated rings. The maximum absolute atomic E-state index is 15.0. The molecule has 36 heavy (non-hydrogen) atoms. The highest BCUT2D eigenvalue weighted by Gasteiger charge is 2.51. The van der Waals surface area contributed by atoms with Crippen LogP contribution in [0.3, 0.4) is 0 Å². The number of thiol groups is 1. The number of nitrogens with zero attached hydrogens (tertiary/aromatic N) is 3. The van der Waals surface area contributed by atoms with Crippen molar-refractivity contribution in [2.75, 3.05) is 22.9 Å². The topological polar surface area (TPSA) is 68.6 Å². The molecule has 2 aliphatic heterocycles. The molecule has 0 aliphatic carbocycles. The monoisotopic (exact) mass is 544 g/mol. The van der Waals surface area contributed by atoms with Gasteiger partial charge >= 0.3 is 6.18 Å². The van der Waals surface area contributed by atoms with E-state index >= 15 is 0 Å². The molecule has 0 saturated carbocycles. The molecule has 0 aromatic heterocycles. The first-order valence-corrected chi connectivity index (χ1v) is 11.6. The largest absolute Gasteiger partial charge is 0.487 e. The van der Waals surface area contributed by atoms with Crippen LogP contribution in [0.5, 0.6) is 5.75 Å². The van der Waals surface area contributed by atoms with E-state index in [0.29, 0.717) is 5.69 Å². The van der Waals surface area contributed by atoms with Gasteiger partial charge in [0.25, 0.3) is 5.91 Å². The van der Waals surface area contributed by atoms with Gasteiger partial charge in [0.15, 0.2) is 17.1 Å². The van der Waals surface area contributed by atoms with Crippen LogP contribution in [-0.4, -0.2) is 36.1 Å². The summed E-state index contributed by atoms with van der Waals surface area (Å²) in [6.07, 6.45) is -3.37. The molecule has 1 N–H and O–H groups in total. The second kappa shape index (κ2) is 10.4. The molecular weight excluding hydrogens is 520 g/mol. The standard InChI is InChI=1S/C24H24F4N4O2S.ClH/c1-23(2)21(33)31(15-4-3-14(13-29)18(11-15)24(26,27)28)22(35)32(23)16-5-6-20(19(25)12-16)34-17-7-9-30-10-8-17;/h3-6,11-12,17,22,30,35H,7-10H2,1-2H3;1H. The predicted molar refractivity (Wildman–Crippen MR) is 133 cm³/mol. The maximum atomic E-state index is 15.0. The third-order valence-electron chi connectivity index (χ3n) is 6.29. The summed E-state index contributed by atoms with van der Waals surface area (Å²) in [5, 5.41) is 12.3. The number of ether oxygens (including phenoxy) is 1. The fourth-order valence-electron chi connectivity index (χ4n) is 4.46. The molecule has 194 valence electrons. The fraction of sp³-hybridized carbons (Fsp3) is 0.417. The number of carbonyl (C=O) groups is 1. The number of amides is 1. The van der Waals surface area contributed by atoms with Gasteiger partial charge in [0.1, 0.15) is 11.6 Å². The van der Waals surface area contributed by atoms with Crippen molar-refractivity contribution in [2.45, 2.75) is 50.0 Å². The average Bonchev–Trinajstić information content (AvgIpc) is 2.98. The molecule has 0 radical (unpaired) electrons. The highest BCUT2D eigenvalue weighted by atomic mass is 35.5. The van der Waals surface area contributed by atoms with Gasteiger partial charge in [-0.3, -0.25) is 9.69 Å². The van der Waals surface area contributed by atoms with Crippen molar-refractivity contribution >= 4 is 42.3 Å². The van der Waals surface area contributed by atoms with Gasteiger partial charge in [-0.05, 0) is 70.1 Å². The molecule has 2 aromatic carbocycles. The average molecular weight is 545 g/mol. The summed E-state index contributed by atoms with van der Waals surface area (Å²) >= 11 is 4.52. The van der Waals surface area contributed by atoms with Crippen molar-refractivity contribution < 1.29 is 27.1 Å². The van der Waals surface area contributed by atoms with E-state index in [1.807, 2.05) is 0 Å². The van der Waals surface area contributed by atoms with Gasteiger partial charge in [0.05, 0.1) is 17.2 Å². The number of hydrogen-bond acceptors (Lipinski definition) is 6. The fourth-order valence-corrected chi connectivity index (χ4v) is 5.12. The second-order valence-corrected chi connectivity index (χ2v) is 9.43. The van der Waals surface area contributed by atoms with Crippen LogP contribution in [0.15, 0.2) is 36.4 Å². The van der Waals surface area contributed by atoms with Crippen molar-refractivity contribution in [2.24, 2.45) is 0 Å². The Kier molecular flexibility index (Phi) is 8.03. The molecule has 4 rings (SSSR count). The minimum Gasteiger partial charge on any atom is -0.487 e. The van der Waals surface area contributed by atoms with Crippen LogP contribution < -0.4 is 19.9 Å². The van der Waals surface area contributed by atoms with Crippen LogP contribution in [-0.2, 0) is 11.0 Å². The van der Waals surface area contributed by atoms with Crippen molar-refractivity contribution in [1.82, 2.24) is 5.32 Å². The third kappa shape index (κ3) is 5.08. The van der Waals surface area contributed by atoms with Gasteiger partial charge in [-0.2, -0.15) is 18.4 Å². The number of anilines is 2. The zero-order valence-corrected chi connectivity index (χ0v) is 21.2. The Labute approximate surface area is 218 Å². The van der Waals surface area contributed by atoms with Crippen molar-refractivity contribution in [3.05, 3.63) is 53.3 Å². The molecule has 12 heteroatoms. The van der Waals surface area contributed by atoms with Crippen LogP contribution in [0.2, 0.25) is 0 Å². The van der Waals surface area contributed by atoms with Gasteiger partial charge in [0.2, 0.25) is 0 Å². The molecule has 2 saturated heterocycles.